The lowest BCUT2D eigenvalue weighted by molar-refractivity contribution is -0.0896. The average molecular weight is 243 g/mol. The van der Waals surface area contributed by atoms with Crippen molar-refractivity contribution in [1.29, 1.82) is 0 Å². The zero-order valence-corrected chi connectivity index (χ0v) is 9.82. The van der Waals surface area contributed by atoms with Crippen LogP contribution in [0.2, 0.25) is 0 Å². The van der Waals surface area contributed by atoms with Crippen LogP contribution in [0.3, 0.4) is 0 Å². The third-order valence-electron chi connectivity index (χ3n) is 3.03. The van der Waals surface area contributed by atoms with Crippen LogP contribution >= 0.6 is 0 Å². The Morgan fingerprint density at radius 2 is 2.35 bits per heavy atom. The fourth-order valence-corrected chi connectivity index (χ4v) is 1.88. The highest BCUT2D eigenvalue weighted by molar-refractivity contribution is 5.04. The molecule has 0 unspecified atom stereocenters. The summed E-state index contributed by atoms with van der Waals surface area (Å²) in [6, 6.07) is 0. The Morgan fingerprint density at radius 3 is 2.88 bits per heavy atom. The number of rotatable bonds is 3. The van der Waals surface area contributed by atoms with Crippen LogP contribution in [-0.2, 0) is 4.74 Å². The first-order chi connectivity index (χ1) is 7.99. The van der Waals surface area contributed by atoms with E-state index in [-0.39, 0.29) is 12.5 Å². The predicted octanol–water partition coefficient (Wildman–Crippen LogP) is -0.985. The Balaban J connectivity index is 2.27. The summed E-state index contributed by atoms with van der Waals surface area (Å²) in [6.45, 7) is 3.24. The van der Waals surface area contributed by atoms with Crippen LogP contribution in [0.25, 0.3) is 0 Å². The Labute approximate surface area is 98.6 Å². The highest BCUT2D eigenvalue weighted by Gasteiger charge is 2.49. The number of aliphatic hydroxyl groups is 3. The van der Waals surface area contributed by atoms with E-state index < -0.39 is 24.5 Å². The maximum atomic E-state index is 9.96. The lowest BCUT2D eigenvalue weighted by Gasteiger charge is -2.24. The molecule has 3 N–H and O–H groups in total. The molecule has 0 saturated carbocycles. The van der Waals surface area contributed by atoms with E-state index in [4.69, 9.17) is 9.84 Å². The molecule has 2 heterocycles. The first-order valence-electron chi connectivity index (χ1n) is 5.52. The van der Waals surface area contributed by atoms with E-state index in [1.165, 1.54) is 4.68 Å². The molecule has 96 valence electrons. The van der Waals surface area contributed by atoms with E-state index in [1.807, 2.05) is 13.8 Å². The number of nitrogens with zero attached hydrogens (tertiary/aromatic N) is 3. The van der Waals surface area contributed by atoms with Gasteiger partial charge in [-0.1, -0.05) is 19.1 Å². The largest absolute Gasteiger partial charge is 0.393 e. The zero-order chi connectivity index (χ0) is 12.6. The van der Waals surface area contributed by atoms with Gasteiger partial charge in [0, 0.05) is 0 Å². The van der Waals surface area contributed by atoms with Gasteiger partial charge in [0.2, 0.25) is 0 Å². The lowest BCUT2D eigenvalue weighted by atomic mass is 10.0. The summed E-state index contributed by atoms with van der Waals surface area (Å²) < 4.78 is 6.75. The topological polar surface area (TPSA) is 101 Å². The summed E-state index contributed by atoms with van der Waals surface area (Å²) in [6.07, 6.45) is -0.449. The van der Waals surface area contributed by atoms with Crippen LogP contribution in [0.5, 0.6) is 0 Å². The minimum atomic E-state index is -1.63. The SMILES string of the molecule is CC(C)c1cnnn1[C@@H]1OC[C@](O)(CO)[C@H]1O. The molecule has 0 bridgehead atoms. The molecule has 1 saturated heterocycles. The molecule has 0 aromatic carbocycles. The van der Waals surface area contributed by atoms with Crippen LogP contribution < -0.4 is 0 Å². The van der Waals surface area contributed by atoms with Crippen molar-refractivity contribution in [3.05, 3.63) is 11.9 Å². The van der Waals surface area contributed by atoms with Crippen molar-refractivity contribution in [3.8, 4) is 0 Å². The van der Waals surface area contributed by atoms with Crippen LogP contribution in [-0.4, -0.2) is 55.2 Å². The minimum absolute atomic E-state index is 0.132. The summed E-state index contributed by atoms with van der Waals surface area (Å²) in [5.74, 6) is 0.170. The van der Waals surface area contributed by atoms with E-state index in [9.17, 15) is 10.2 Å². The number of ether oxygens (including phenoxy) is 1. The molecule has 1 fully saturated rings. The molecule has 0 amide bonds. The number of aromatic nitrogens is 3. The second-order valence-corrected chi connectivity index (χ2v) is 4.67. The Hall–Kier alpha value is -1.02. The van der Waals surface area contributed by atoms with E-state index in [2.05, 4.69) is 10.3 Å². The van der Waals surface area contributed by atoms with E-state index >= 15 is 0 Å². The second kappa shape index (κ2) is 4.34. The van der Waals surface area contributed by atoms with Crippen molar-refractivity contribution in [3.63, 3.8) is 0 Å². The molecule has 3 atom stereocenters. The van der Waals surface area contributed by atoms with Gasteiger partial charge in [0.15, 0.2) is 6.23 Å². The summed E-state index contributed by atoms with van der Waals surface area (Å²) in [7, 11) is 0. The maximum absolute atomic E-state index is 9.96. The van der Waals surface area contributed by atoms with Gasteiger partial charge in [-0.2, -0.15) is 0 Å². The molecule has 7 heteroatoms. The third-order valence-corrected chi connectivity index (χ3v) is 3.03. The predicted molar refractivity (Wildman–Crippen MR) is 57.1 cm³/mol. The van der Waals surface area contributed by atoms with Gasteiger partial charge >= 0.3 is 0 Å². The standard InChI is InChI=1S/C10H17N3O4/c1-6(2)7-3-11-12-13(7)9-8(15)10(16,4-14)5-17-9/h3,6,8-9,14-16H,4-5H2,1-2H3/t8-,9+,10+/m0/s1. The Morgan fingerprint density at radius 1 is 1.65 bits per heavy atom. The smallest absolute Gasteiger partial charge is 0.181 e. The number of hydrogen-bond donors (Lipinski definition) is 3. The van der Waals surface area contributed by atoms with Gasteiger partial charge in [-0.15, -0.1) is 5.10 Å². The molecule has 0 spiro atoms. The van der Waals surface area contributed by atoms with E-state index in [0.29, 0.717) is 0 Å². The van der Waals surface area contributed by atoms with Crippen molar-refractivity contribution in [2.75, 3.05) is 13.2 Å². The van der Waals surface area contributed by atoms with Crippen molar-refractivity contribution in [2.45, 2.75) is 37.7 Å². The van der Waals surface area contributed by atoms with Gasteiger partial charge < -0.3 is 20.1 Å². The zero-order valence-electron chi connectivity index (χ0n) is 9.82. The average Bonchev–Trinajstić information content (AvgIpc) is 2.86. The highest BCUT2D eigenvalue weighted by Crippen LogP contribution is 2.32. The Kier molecular flexibility index (Phi) is 3.17. The summed E-state index contributed by atoms with van der Waals surface area (Å²) in [4.78, 5) is 0. The minimum Gasteiger partial charge on any atom is -0.393 e. The van der Waals surface area contributed by atoms with Crippen molar-refractivity contribution < 1.29 is 20.1 Å². The van der Waals surface area contributed by atoms with Crippen molar-refractivity contribution >= 4 is 0 Å². The van der Waals surface area contributed by atoms with Gasteiger partial charge in [-0.05, 0) is 5.92 Å². The molecule has 7 nitrogen and oxygen atoms in total. The second-order valence-electron chi connectivity index (χ2n) is 4.67. The van der Waals surface area contributed by atoms with Gasteiger partial charge in [0.25, 0.3) is 0 Å². The molecule has 0 aliphatic carbocycles. The third kappa shape index (κ3) is 1.95. The van der Waals surface area contributed by atoms with Crippen LogP contribution in [0.15, 0.2) is 6.20 Å². The normalized spacial score (nSPS) is 33.5. The van der Waals surface area contributed by atoms with Crippen LogP contribution in [0, 0.1) is 0 Å². The van der Waals surface area contributed by atoms with Crippen LogP contribution in [0.1, 0.15) is 31.7 Å². The fraction of sp³-hybridized carbons (Fsp3) is 0.800. The first kappa shape index (κ1) is 12.4. The van der Waals surface area contributed by atoms with Gasteiger partial charge in [-0.25, -0.2) is 4.68 Å². The molecular formula is C10H17N3O4. The molecule has 17 heavy (non-hydrogen) atoms. The molecule has 0 radical (unpaired) electrons. The van der Waals surface area contributed by atoms with Crippen molar-refractivity contribution in [1.82, 2.24) is 15.0 Å². The number of aliphatic hydroxyl groups excluding tert-OH is 2. The molecule has 2 rings (SSSR count). The van der Waals surface area contributed by atoms with Crippen LogP contribution in [0.4, 0.5) is 0 Å². The van der Waals surface area contributed by atoms with Gasteiger partial charge in [0.1, 0.15) is 11.7 Å². The van der Waals surface area contributed by atoms with Crippen molar-refractivity contribution in [2.24, 2.45) is 0 Å². The number of hydrogen-bond acceptors (Lipinski definition) is 6. The molecule has 1 aliphatic heterocycles. The molecule has 1 aromatic rings. The Bertz CT molecular complexity index is 395. The molecule has 1 aliphatic rings. The molecule has 1 aromatic heterocycles. The summed E-state index contributed by atoms with van der Waals surface area (Å²) in [5, 5.41) is 36.5. The van der Waals surface area contributed by atoms with E-state index in [0.717, 1.165) is 5.69 Å². The summed E-state index contributed by atoms with van der Waals surface area (Å²) in [5.41, 5.74) is -0.832. The lowest BCUT2D eigenvalue weighted by Crippen LogP contribution is -2.46. The summed E-state index contributed by atoms with van der Waals surface area (Å²) >= 11 is 0. The highest BCUT2D eigenvalue weighted by atomic mass is 16.6. The van der Waals surface area contributed by atoms with Gasteiger partial charge in [0.05, 0.1) is 25.1 Å². The fourth-order valence-electron chi connectivity index (χ4n) is 1.88. The monoisotopic (exact) mass is 243 g/mol. The van der Waals surface area contributed by atoms with E-state index in [1.54, 1.807) is 6.20 Å². The van der Waals surface area contributed by atoms with Gasteiger partial charge in [-0.3, -0.25) is 0 Å². The quantitative estimate of drug-likeness (QED) is 0.630. The molecular weight excluding hydrogens is 226 g/mol. The maximum Gasteiger partial charge on any atom is 0.181 e. The first-order valence-corrected chi connectivity index (χ1v) is 5.52.